The van der Waals surface area contributed by atoms with Crippen LogP contribution < -0.4 is 0 Å². The van der Waals surface area contributed by atoms with Crippen molar-refractivity contribution in [1.82, 2.24) is 0 Å². The minimum absolute atomic E-state index is 0.451. The molecule has 70 valence electrons. The fourth-order valence-corrected chi connectivity index (χ4v) is 2.71. The summed E-state index contributed by atoms with van der Waals surface area (Å²) in [4.78, 5) is 0. The van der Waals surface area contributed by atoms with Crippen molar-refractivity contribution in [3.05, 3.63) is 35.4 Å². The third-order valence-corrected chi connectivity index (χ3v) is 4.78. The van der Waals surface area contributed by atoms with Crippen LogP contribution in [0.2, 0.25) is 0 Å². The molecule has 0 fully saturated rings. The van der Waals surface area contributed by atoms with Gasteiger partial charge in [-0.1, -0.05) is 53.8 Å². The molecule has 13 heavy (non-hydrogen) atoms. The molecule has 0 spiro atoms. The van der Waals surface area contributed by atoms with E-state index in [-0.39, 0.29) is 0 Å². The Kier molecular flexibility index (Phi) is 2.39. The summed E-state index contributed by atoms with van der Waals surface area (Å²) in [7, 11) is 0. The maximum Gasteiger partial charge on any atom is 0.0263 e. The molecule has 1 aliphatic carbocycles. The summed E-state index contributed by atoms with van der Waals surface area (Å²) in [6, 6.07) is 8.88. The molecule has 1 aromatic rings. The molecule has 0 heterocycles. The molecule has 0 saturated carbocycles. The molecule has 0 N–H and O–H groups in total. The highest BCUT2D eigenvalue weighted by Gasteiger charge is 2.33. The molecule has 0 nitrogen and oxygen atoms in total. The number of benzene rings is 1. The van der Waals surface area contributed by atoms with E-state index < -0.39 is 0 Å². The molecule has 0 amide bonds. The predicted molar refractivity (Wildman–Crippen MR) is 65.6 cm³/mol. The lowest BCUT2D eigenvalue weighted by Crippen LogP contribution is -2.29. The topological polar surface area (TPSA) is 0 Å². The Morgan fingerprint density at radius 2 is 2.08 bits per heavy atom. The van der Waals surface area contributed by atoms with Crippen molar-refractivity contribution < 1.29 is 0 Å². The molecule has 1 aliphatic rings. The smallest absolute Gasteiger partial charge is 0.0263 e. The molecule has 0 saturated heterocycles. The first-order chi connectivity index (χ1) is 6.11. The van der Waals surface area contributed by atoms with Crippen molar-refractivity contribution in [1.29, 1.82) is 0 Å². The third kappa shape index (κ3) is 1.63. The van der Waals surface area contributed by atoms with Crippen molar-refractivity contribution in [2.75, 3.05) is 0 Å². The number of alkyl halides is 1. The molecule has 0 aromatic heterocycles. The lowest BCUT2D eigenvalue weighted by atomic mass is 9.77. The van der Waals surface area contributed by atoms with Gasteiger partial charge in [-0.3, -0.25) is 0 Å². The molecule has 2 rings (SSSR count). The number of hydrogen-bond donors (Lipinski definition) is 0. The first-order valence-corrected chi connectivity index (χ1v) is 5.96. The molecular weight excluding hydrogens is 271 g/mol. The Labute approximate surface area is 93.9 Å². The van der Waals surface area contributed by atoms with Crippen LogP contribution in [-0.4, -0.2) is 3.42 Å². The van der Waals surface area contributed by atoms with Crippen LogP contribution in [0.3, 0.4) is 0 Å². The molecule has 1 aromatic carbocycles. The van der Waals surface area contributed by atoms with E-state index >= 15 is 0 Å². The van der Waals surface area contributed by atoms with Gasteiger partial charge in [-0.05, 0) is 36.8 Å². The summed E-state index contributed by atoms with van der Waals surface area (Å²) >= 11 is 2.61. The number of aryl methyl sites for hydroxylation is 1. The van der Waals surface area contributed by atoms with Crippen molar-refractivity contribution in [2.45, 2.75) is 36.0 Å². The van der Waals surface area contributed by atoms with Gasteiger partial charge >= 0.3 is 0 Å². The fraction of sp³-hybridized carbons (Fsp3) is 0.500. The second kappa shape index (κ2) is 3.26. The van der Waals surface area contributed by atoms with E-state index in [1.807, 2.05) is 0 Å². The summed E-state index contributed by atoms with van der Waals surface area (Å²) in [6.45, 7) is 4.72. The Hall–Kier alpha value is -0.0500. The first kappa shape index (κ1) is 9.50. The van der Waals surface area contributed by atoms with Crippen LogP contribution in [0.15, 0.2) is 24.3 Å². The normalized spacial score (nSPS) is 32.7. The summed E-state index contributed by atoms with van der Waals surface area (Å²) in [5, 5.41) is 0. The van der Waals surface area contributed by atoms with Gasteiger partial charge in [0.2, 0.25) is 0 Å². The molecule has 0 radical (unpaired) electrons. The van der Waals surface area contributed by atoms with Crippen LogP contribution in [0.25, 0.3) is 0 Å². The van der Waals surface area contributed by atoms with Crippen LogP contribution >= 0.6 is 22.6 Å². The van der Waals surface area contributed by atoms with Crippen LogP contribution in [0.5, 0.6) is 0 Å². The molecule has 1 heteroatoms. The lowest BCUT2D eigenvalue weighted by molar-refractivity contribution is 0.495. The minimum Gasteiger partial charge on any atom is -0.0785 e. The van der Waals surface area contributed by atoms with Gasteiger partial charge in [0.05, 0.1) is 0 Å². The second-order valence-electron chi connectivity index (χ2n) is 4.20. The zero-order chi connectivity index (χ0) is 9.47. The van der Waals surface area contributed by atoms with Crippen molar-refractivity contribution in [3.63, 3.8) is 0 Å². The van der Waals surface area contributed by atoms with Crippen LogP contribution in [0.4, 0.5) is 0 Å². The average molecular weight is 286 g/mol. The quantitative estimate of drug-likeness (QED) is 0.501. The van der Waals surface area contributed by atoms with Gasteiger partial charge in [0.25, 0.3) is 0 Å². The van der Waals surface area contributed by atoms with E-state index in [0.717, 1.165) is 0 Å². The zero-order valence-corrected chi connectivity index (χ0v) is 10.3. The van der Waals surface area contributed by atoms with Gasteiger partial charge in [0.15, 0.2) is 0 Å². The molecular formula is C12H15I. The van der Waals surface area contributed by atoms with Crippen molar-refractivity contribution >= 4 is 22.6 Å². The largest absolute Gasteiger partial charge is 0.0785 e. The highest BCUT2D eigenvalue weighted by molar-refractivity contribution is 14.1. The first-order valence-electron chi connectivity index (χ1n) is 4.88. The second-order valence-corrected chi connectivity index (χ2v) is 6.66. The van der Waals surface area contributed by atoms with E-state index in [9.17, 15) is 0 Å². The standard InChI is InChI=1S/C12H15I/c1-9-11-6-4-3-5-10(11)7-8-12(9,2)13/h3-6,9H,7-8H2,1-2H3. The fourth-order valence-electron chi connectivity index (χ4n) is 2.10. The molecule has 2 atom stereocenters. The van der Waals surface area contributed by atoms with Gasteiger partial charge in [-0.15, -0.1) is 0 Å². The maximum atomic E-state index is 2.61. The Bertz CT molecular complexity index is 315. The Morgan fingerprint density at radius 3 is 2.85 bits per heavy atom. The van der Waals surface area contributed by atoms with Crippen LogP contribution in [0.1, 0.15) is 37.3 Å². The molecule has 2 unspecified atom stereocenters. The molecule has 0 bridgehead atoms. The van der Waals surface area contributed by atoms with Gasteiger partial charge < -0.3 is 0 Å². The van der Waals surface area contributed by atoms with Crippen molar-refractivity contribution in [3.8, 4) is 0 Å². The SMILES string of the molecule is CC1c2ccccc2CCC1(C)I. The highest BCUT2D eigenvalue weighted by atomic mass is 127. The van der Waals surface area contributed by atoms with Gasteiger partial charge in [0.1, 0.15) is 0 Å². The monoisotopic (exact) mass is 286 g/mol. The van der Waals surface area contributed by atoms with Gasteiger partial charge in [0, 0.05) is 3.42 Å². The number of hydrogen-bond acceptors (Lipinski definition) is 0. The summed E-state index contributed by atoms with van der Waals surface area (Å²) in [5.41, 5.74) is 3.12. The Morgan fingerprint density at radius 1 is 1.38 bits per heavy atom. The summed E-state index contributed by atoms with van der Waals surface area (Å²) < 4.78 is 0.451. The van der Waals surface area contributed by atoms with E-state index in [2.05, 4.69) is 60.7 Å². The lowest BCUT2D eigenvalue weighted by Gasteiger charge is -2.36. The maximum absolute atomic E-state index is 2.61. The summed E-state index contributed by atoms with van der Waals surface area (Å²) in [6.07, 6.45) is 2.56. The Balaban J connectivity index is 2.45. The number of fused-ring (bicyclic) bond motifs is 1. The average Bonchev–Trinajstić information content (AvgIpc) is 2.13. The van der Waals surface area contributed by atoms with Gasteiger partial charge in [-0.2, -0.15) is 0 Å². The van der Waals surface area contributed by atoms with Crippen LogP contribution in [-0.2, 0) is 6.42 Å². The predicted octanol–water partition coefficient (Wildman–Crippen LogP) is 3.93. The van der Waals surface area contributed by atoms with E-state index in [0.29, 0.717) is 9.34 Å². The van der Waals surface area contributed by atoms with E-state index in [1.54, 1.807) is 11.1 Å². The van der Waals surface area contributed by atoms with Gasteiger partial charge in [-0.25, -0.2) is 0 Å². The van der Waals surface area contributed by atoms with Crippen LogP contribution in [0, 0.1) is 0 Å². The number of rotatable bonds is 0. The van der Waals surface area contributed by atoms with E-state index in [1.165, 1.54) is 12.8 Å². The van der Waals surface area contributed by atoms with Crippen molar-refractivity contribution in [2.24, 2.45) is 0 Å². The third-order valence-electron chi connectivity index (χ3n) is 3.31. The number of halogens is 1. The minimum atomic E-state index is 0.451. The zero-order valence-electron chi connectivity index (χ0n) is 8.18. The molecule has 0 aliphatic heterocycles. The highest BCUT2D eigenvalue weighted by Crippen LogP contribution is 2.44. The summed E-state index contributed by atoms with van der Waals surface area (Å²) in [5.74, 6) is 0.693. The van der Waals surface area contributed by atoms with E-state index in [4.69, 9.17) is 0 Å².